The second-order valence-electron chi connectivity index (χ2n) is 6.65. The molecule has 2 fully saturated rings. The van der Waals surface area contributed by atoms with Crippen LogP contribution in [0.15, 0.2) is 42.7 Å². The molecule has 2 aromatic rings. The van der Waals surface area contributed by atoms with Crippen molar-refractivity contribution in [3.63, 3.8) is 0 Å². The van der Waals surface area contributed by atoms with Crippen LogP contribution in [0.2, 0.25) is 0 Å². The van der Waals surface area contributed by atoms with Gasteiger partial charge >= 0.3 is 0 Å². The molecule has 0 atom stereocenters. The van der Waals surface area contributed by atoms with Gasteiger partial charge in [0.25, 0.3) is 0 Å². The number of amides is 1. The van der Waals surface area contributed by atoms with Crippen LogP contribution in [0, 0.1) is 0 Å². The Bertz CT molecular complexity index is 714. The highest BCUT2D eigenvalue weighted by Gasteiger charge is 2.26. The fourth-order valence-electron chi connectivity index (χ4n) is 3.34. The number of carbonyl (C=O) groups excluding carboxylic acids is 1. The SMILES string of the molecule is O=C1CN(c2cc(C3CCC3)ncn2)CCN1Cc1ccccc1. The van der Waals surface area contributed by atoms with E-state index in [2.05, 4.69) is 33.1 Å². The molecule has 0 spiro atoms. The van der Waals surface area contributed by atoms with Gasteiger partial charge in [-0.3, -0.25) is 4.79 Å². The molecule has 4 rings (SSSR count). The summed E-state index contributed by atoms with van der Waals surface area (Å²) in [6.07, 6.45) is 5.38. The Morgan fingerprint density at radius 3 is 2.62 bits per heavy atom. The zero-order valence-electron chi connectivity index (χ0n) is 13.8. The third kappa shape index (κ3) is 3.11. The quantitative estimate of drug-likeness (QED) is 0.868. The van der Waals surface area contributed by atoms with Gasteiger partial charge in [0.15, 0.2) is 0 Å². The molecule has 24 heavy (non-hydrogen) atoms. The van der Waals surface area contributed by atoms with E-state index in [0.717, 1.165) is 24.6 Å². The highest BCUT2D eigenvalue weighted by Crippen LogP contribution is 2.35. The summed E-state index contributed by atoms with van der Waals surface area (Å²) in [5, 5.41) is 0. The molecule has 0 bridgehead atoms. The molecular formula is C19H22N4O. The van der Waals surface area contributed by atoms with E-state index in [4.69, 9.17) is 0 Å². The molecule has 1 saturated carbocycles. The topological polar surface area (TPSA) is 49.3 Å². The van der Waals surface area contributed by atoms with Crippen LogP contribution in [0.5, 0.6) is 0 Å². The van der Waals surface area contributed by atoms with Gasteiger partial charge in [-0.2, -0.15) is 0 Å². The summed E-state index contributed by atoms with van der Waals surface area (Å²) < 4.78 is 0. The molecule has 1 saturated heterocycles. The largest absolute Gasteiger partial charge is 0.345 e. The lowest BCUT2D eigenvalue weighted by Gasteiger charge is -2.35. The first kappa shape index (κ1) is 15.1. The molecule has 0 radical (unpaired) electrons. The first-order chi connectivity index (χ1) is 11.8. The smallest absolute Gasteiger partial charge is 0.242 e. The molecule has 1 aromatic heterocycles. The van der Waals surface area contributed by atoms with Crippen LogP contribution in [-0.4, -0.2) is 40.4 Å². The Morgan fingerprint density at radius 1 is 1.08 bits per heavy atom. The van der Waals surface area contributed by atoms with Crippen molar-refractivity contribution in [3.8, 4) is 0 Å². The van der Waals surface area contributed by atoms with Gasteiger partial charge in [0, 0.05) is 37.3 Å². The lowest BCUT2D eigenvalue weighted by atomic mass is 9.83. The maximum Gasteiger partial charge on any atom is 0.242 e. The van der Waals surface area contributed by atoms with E-state index in [1.807, 2.05) is 23.1 Å². The van der Waals surface area contributed by atoms with Crippen molar-refractivity contribution < 1.29 is 4.79 Å². The Labute approximate surface area is 142 Å². The van der Waals surface area contributed by atoms with Crippen molar-refractivity contribution in [1.29, 1.82) is 0 Å². The molecule has 5 nitrogen and oxygen atoms in total. The van der Waals surface area contributed by atoms with Crippen molar-refractivity contribution in [3.05, 3.63) is 54.0 Å². The average molecular weight is 322 g/mol. The van der Waals surface area contributed by atoms with Gasteiger partial charge in [-0.25, -0.2) is 9.97 Å². The van der Waals surface area contributed by atoms with E-state index in [0.29, 0.717) is 19.0 Å². The van der Waals surface area contributed by atoms with E-state index >= 15 is 0 Å². The van der Waals surface area contributed by atoms with Gasteiger partial charge in [0.2, 0.25) is 5.91 Å². The maximum atomic E-state index is 12.5. The summed E-state index contributed by atoms with van der Waals surface area (Å²) in [6, 6.07) is 12.2. The van der Waals surface area contributed by atoms with Gasteiger partial charge in [0.1, 0.15) is 12.1 Å². The van der Waals surface area contributed by atoms with Gasteiger partial charge in [-0.1, -0.05) is 36.8 Å². The van der Waals surface area contributed by atoms with Gasteiger partial charge < -0.3 is 9.80 Å². The molecule has 5 heteroatoms. The Morgan fingerprint density at radius 2 is 1.92 bits per heavy atom. The number of benzene rings is 1. The Kier molecular flexibility index (Phi) is 4.15. The molecule has 1 aliphatic carbocycles. The molecule has 1 aliphatic heterocycles. The van der Waals surface area contributed by atoms with E-state index in [9.17, 15) is 4.79 Å². The lowest BCUT2D eigenvalue weighted by molar-refractivity contribution is -0.131. The Balaban J connectivity index is 1.42. The summed E-state index contributed by atoms with van der Waals surface area (Å²) >= 11 is 0. The fraction of sp³-hybridized carbons (Fsp3) is 0.421. The van der Waals surface area contributed by atoms with Crippen LogP contribution < -0.4 is 4.90 Å². The van der Waals surface area contributed by atoms with E-state index in [1.54, 1.807) is 6.33 Å². The third-order valence-electron chi connectivity index (χ3n) is 5.06. The van der Waals surface area contributed by atoms with Crippen LogP contribution >= 0.6 is 0 Å². The summed E-state index contributed by atoms with van der Waals surface area (Å²) in [6.45, 7) is 2.63. The zero-order valence-corrected chi connectivity index (χ0v) is 13.8. The lowest BCUT2D eigenvalue weighted by Crippen LogP contribution is -2.50. The number of carbonyl (C=O) groups is 1. The van der Waals surface area contributed by atoms with E-state index < -0.39 is 0 Å². The number of hydrogen-bond donors (Lipinski definition) is 0. The molecule has 0 unspecified atom stereocenters. The average Bonchev–Trinajstić information content (AvgIpc) is 2.56. The number of rotatable bonds is 4. The van der Waals surface area contributed by atoms with Crippen molar-refractivity contribution in [2.75, 3.05) is 24.5 Å². The first-order valence-corrected chi connectivity index (χ1v) is 8.68. The molecule has 0 N–H and O–H groups in total. The van der Waals surface area contributed by atoms with Crippen LogP contribution in [-0.2, 0) is 11.3 Å². The number of aromatic nitrogens is 2. The first-order valence-electron chi connectivity index (χ1n) is 8.68. The zero-order chi connectivity index (χ0) is 16.4. The molecular weight excluding hydrogens is 300 g/mol. The second kappa shape index (κ2) is 6.59. The monoisotopic (exact) mass is 322 g/mol. The third-order valence-corrected chi connectivity index (χ3v) is 5.06. The van der Waals surface area contributed by atoms with Gasteiger partial charge in [-0.15, -0.1) is 0 Å². The van der Waals surface area contributed by atoms with Crippen LogP contribution in [0.4, 0.5) is 5.82 Å². The normalized spacial score (nSPS) is 18.6. The predicted octanol–water partition coefficient (Wildman–Crippen LogP) is 2.59. The molecule has 124 valence electrons. The highest BCUT2D eigenvalue weighted by molar-refractivity contribution is 5.82. The minimum absolute atomic E-state index is 0.161. The molecule has 2 aliphatic rings. The fourth-order valence-corrected chi connectivity index (χ4v) is 3.34. The van der Waals surface area contributed by atoms with Crippen molar-refractivity contribution in [1.82, 2.24) is 14.9 Å². The minimum Gasteiger partial charge on any atom is -0.345 e. The van der Waals surface area contributed by atoms with E-state index in [-0.39, 0.29) is 5.91 Å². The number of nitrogens with zero attached hydrogens (tertiary/aromatic N) is 4. The van der Waals surface area contributed by atoms with Crippen molar-refractivity contribution in [2.24, 2.45) is 0 Å². The molecule has 2 heterocycles. The van der Waals surface area contributed by atoms with E-state index in [1.165, 1.54) is 24.8 Å². The predicted molar refractivity (Wildman–Crippen MR) is 92.7 cm³/mol. The number of piperazine rings is 1. The van der Waals surface area contributed by atoms with Crippen molar-refractivity contribution >= 4 is 11.7 Å². The molecule has 1 amide bonds. The Hall–Kier alpha value is -2.43. The van der Waals surface area contributed by atoms with Gasteiger partial charge in [-0.05, 0) is 18.4 Å². The maximum absolute atomic E-state index is 12.5. The van der Waals surface area contributed by atoms with Crippen molar-refractivity contribution in [2.45, 2.75) is 31.7 Å². The summed E-state index contributed by atoms with van der Waals surface area (Å²) in [5.41, 5.74) is 2.30. The second-order valence-corrected chi connectivity index (χ2v) is 6.65. The minimum atomic E-state index is 0.161. The van der Waals surface area contributed by atoms with Crippen LogP contribution in [0.1, 0.15) is 36.4 Å². The van der Waals surface area contributed by atoms with Crippen LogP contribution in [0.3, 0.4) is 0 Å². The molecule has 1 aromatic carbocycles. The number of anilines is 1. The standard InChI is InChI=1S/C19H22N4O/c24-19-13-22(9-10-23(19)12-15-5-2-1-3-6-15)18-11-17(20-14-21-18)16-7-4-8-16/h1-3,5-6,11,14,16H,4,7-10,12-13H2. The summed E-state index contributed by atoms with van der Waals surface area (Å²) in [7, 11) is 0. The highest BCUT2D eigenvalue weighted by atomic mass is 16.2. The van der Waals surface area contributed by atoms with Crippen LogP contribution in [0.25, 0.3) is 0 Å². The number of hydrogen-bond acceptors (Lipinski definition) is 4. The summed E-state index contributed by atoms with van der Waals surface area (Å²) in [5.74, 6) is 1.63. The van der Waals surface area contributed by atoms with Gasteiger partial charge in [0.05, 0.1) is 6.54 Å². The summed E-state index contributed by atoms with van der Waals surface area (Å²) in [4.78, 5) is 25.3.